The first-order valence-corrected chi connectivity index (χ1v) is 24.7. The first-order valence-electron chi connectivity index (χ1n) is 24.7. The quantitative estimate of drug-likeness (QED) is 0.0442. The molecule has 0 atom stereocenters. The molecule has 9 aromatic rings. The van der Waals surface area contributed by atoms with Gasteiger partial charge in [-0.2, -0.15) is 0 Å². The van der Waals surface area contributed by atoms with Gasteiger partial charge in [0.1, 0.15) is 0 Å². The van der Waals surface area contributed by atoms with Crippen LogP contribution in [-0.4, -0.2) is 44.2 Å². The van der Waals surface area contributed by atoms with E-state index >= 15 is 0 Å². The van der Waals surface area contributed by atoms with Crippen molar-refractivity contribution in [2.45, 2.75) is 29.5 Å². The fourth-order valence-corrected chi connectivity index (χ4v) is 10.6. The van der Waals surface area contributed by atoms with Crippen LogP contribution in [0.15, 0.2) is 273 Å². The topological polar surface area (TPSA) is 39.3 Å². The zero-order chi connectivity index (χ0) is 46.9. The van der Waals surface area contributed by atoms with Crippen molar-refractivity contribution in [3.05, 3.63) is 323 Å². The summed E-state index contributed by atoms with van der Waals surface area (Å²) in [6, 6.07) is 98.9. The van der Waals surface area contributed by atoms with Crippen molar-refractivity contribution in [3.63, 3.8) is 0 Å². The van der Waals surface area contributed by atoms with Gasteiger partial charge in [-0.3, -0.25) is 15.5 Å². The summed E-state index contributed by atoms with van der Waals surface area (Å²) < 4.78 is 0. The van der Waals surface area contributed by atoms with Crippen LogP contribution in [0.25, 0.3) is 0 Å². The molecule has 0 spiro atoms. The Labute approximate surface area is 410 Å². The molecule has 3 N–H and O–H groups in total. The minimum absolute atomic E-state index is 0.492. The minimum atomic E-state index is -0.553. The lowest BCUT2D eigenvalue weighted by molar-refractivity contribution is 0.154. The highest BCUT2D eigenvalue weighted by Crippen LogP contribution is 2.43. The molecule has 0 heterocycles. The van der Waals surface area contributed by atoms with E-state index in [-0.39, 0.29) is 0 Å². The molecule has 0 saturated heterocycles. The lowest BCUT2D eigenvalue weighted by atomic mass is 9.75. The Balaban J connectivity index is 0.998. The van der Waals surface area contributed by atoms with E-state index in [0.29, 0.717) is 0 Å². The Morgan fingerprint density at radius 1 is 0.246 bits per heavy atom. The summed E-state index contributed by atoms with van der Waals surface area (Å²) in [6.45, 7) is 4.99. The van der Waals surface area contributed by atoms with Gasteiger partial charge >= 0.3 is 0 Å². The van der Waals surface area contributed by atoms with Crippen molar-refractivity contribution in [3.8, 4) is 0 Å². The first-order chi connectivity index (χ1) is 34.3. The second-order valence-corrected chi connectivity index (χ2v) is 17.8. The Morgan fingerprint density at radius 2 is 0.493 bits per heavy atom. The minimum Gasteiger partial charge on any atom is -0.315 e. The summed E-state index contributed by atoms with van der Waals surface area (Å²) in [4.78, 5) is 2.74. The Kier molecular flexibility index (Phi) is 15.8. The molecule has 0 aliphatic rings. The molecule has 0 radical (unpaired) electrons. The van der Waals surface area contributed by atoms with Crippen molar-refractivity contribution in [1.29, 1.82) is 0 Å². The van der Waals surface area contributed by atoms with Crippen molar-refractivity contribution in [2.75, 3.05) is 39.3 Å². The molecule has 9 aromatic carbocycles. The van der Waals surface area contributed by atoms with Gasteiger partial charge in [-0.25, -0.2) is 0 Å². The van der Waals surface area contributed by atoms with Crippen LogP contribution in [0.5, 0.6) is 0 Å². The molecule has 0 saturated carbocycles. The molecule has 4 nitrogen and oxygen atoms in total. The molecule has 0 bridgehead atoms. The van der Waals surface area contributed by atoms with E-state index in [1.54, 1.807) is 0 Å². The third-order valence-corrected chi connectivity index (χ3v) is 13.8. The first kappa shape index (κ1) is 46.9. The normalized spacial score (nSPS) is 12.0. The molecule has 344 valence electrons. The van der Waals surface area contributed by atoms with E-state index in [4.69, 9.17) is 0 Å². The molecule has 0 fully saturated rings. The zero-order valence-corrected chi connectivity index (χ0v) is 39.6. The van der Waals surface area contributed by atoms with Crippen molar-refractivity contribution < 1.29 is 0 Å². The van der Waals surface area contributed by atoms with Gasteiger partial charge in [0, 0.05) is 19.6 Å². The predicted octanol–water partition coefficient (Wildman–Crippen LogP) is 12.8. The maximum atomic E-state index is 4.20. The van der Waals surface area contributed by atoms with Crippen molar-refractivity contribution in [1.82, 2.24) is 20.9 Å². The van der Waals surface area contributed by atoms with E-state index in [1.807, 2.05) is 0 Å². The van der Waals surface area contributed by atoms with Gasteiger partial charge in [0.2, 0.25) is 0 Å². The largest absolute Gasteiger partial charge is 0.315 e. The van der Waals surface area contributed by atoms with Crippen LogP contribution >= 0.6 is 0 Å². The van der Waals surface area contributed by atoms with Crippen LogP contribution in [0.1, 0.15) is 62.9 Å². The van der Waals surface area contributed by atoms with Gasteiger partial charge in [0.05, 0.1) is 16.6 Å². The molecular formula is C65H64N4. The average molecular weight is 901 g/mol. The summed E-state index contributed by atoms with van der Waals surface area (Å²) in [5.74, 6) is 0. The van der Waals surface area contributed by atoms with Crippen LogP contribution in [0.3, 0.4) is 0 Å². The van der Waals surface area contributed by atoms with Gasteiger partial charge < -0.3 is 5.32 Å². The SMILES string of the molecule is c1ccc(C(NCCCNCCN(CCCNC(c2ccccc2)(c2ccccc2)c2ccccc2)C(c2ccccc2)(c2ccccc2)c2ccccc2)(c2ccccc2)c2ccccc2)cc1. The van der Waals surface area contributed by atoms with Crippen LogP contribution in [0.4, 0.5) is 0 Å². The zero-order valence-electron chi connectivity index (χ0n) is 39.6. The maximum Gasteiger partial charge on any atom is 0.0973 e. The lowest BCUT2D eigenvalue weighted by Crippen LogP contribution is -2.52. The Hall–Kier alpha value is -7.18. The molecule has 0 amide bonds. The van der Waals surface area contributed by atoms with E-state index in [1.165, 1.54) is 50.1 Å². The van der Waals surface area contributed by atoms with Crippen LogP contribution in [0.2, 0.25) is 0 Å². The second-order valence-electron chi connectivity index (χ2n) is 17.8. The van der Waals surface area contributed by atoms with E-state index in [2.05, 4.69) is 294 Å². The third-order valence-electron chi connectivity index (χ3n) is 13.8. The van der Waals surface area contributed by atoms with Crippen LogP contribution < -0.4 is 16.0 Å². The fraction of sp³-hybridized carbons (Fsp3) is 0.169. The molecule has 9 rings (SSSR count). The number of rotatable bonds is 23. The molecule has 4 heteroatoms. The standard InChI is InChI=1S/C65H64N4/c1-10-30-54(31-11-1)63(55-32-12-2-13-33-55,56-34-14-3-15-35-56)67-49-28-48-66-51-53-69(65(60-42-22-7-23-43-60,61-44-24-8-25-45-61)62-46-26-9-27-47-62)52-29-50-68-64(57-36-16-4-17-37-57,58-38-18-5-19-39-58)59-40-20-6-21-41-59/h1-27,30-47,66-68H,28-29,48-53H2. The van der Waals surface area contributed by atoms with E-state index < -0.39 is 16.6 Å². The highest BCUT2D eigenvalue weighted by molar-refractivity contribution is 5.52. The van der Waals surface area contributed by atoms with Gasteiger partial charge in [-0.1, -0.05) is 273 Å². The van der Waals surface area contributed by atoms with Gasteiger partial charge in [-0.05, 0) is 82.5 Å². The number of nitrogens with zero attached hydrogens (tertiary/aromatic N) is 1. The second kappa shape index (κ2) is 23.2. The number of nitrogens with one attached hydrogen (secondary N) is 3. The molecule has 0 aromatic heterocycles. The summed E-state index contributed by atoms with van der Waals surface area (Å²) in [5, 5.41) is 12.2. The maximum absolute atomic E-state index is 4.20. The summed E-state index contributed by atoms with van der Waals surface area (Å²) in [6.07, 6.45) is 1.87. The highest BCUT2D eigenvalue weighted by Gasteiger charge is 2.42. The molecule has 69 heavy (non-hydrogen) atoms. The monoisotopic (exact) mass is 901 g/mol. The Bertz CT molecular complexity index is 2540. The third kappa shape index (κ3) is 10.2. The smallest absolute Gasteiger partial charge is 0.0973 e. The molecule has 0 unspecified atom stereocenters. The van der Waals surface area contributed by atoms with Gasteiger partial charge in [-0.15, -0.1) is 0 Å². The number of hydrogen-bond acceptors (Lipinski definition) is 4. The van der Waals surface area contributed by atoms with Crippen molar-refractivity contribution in [2.24, 2.45) is 0 Å². The highest BCUT2D eigenvalue weighted by atomic mass is 15.2. The van der Waals surface area contributed by atoms with Crippen molar-refractivity contribution >= 4 is 0 Å². The number of benzene rings is 9. The Morgan fingerprint density at radius 3 is 0.768 bits per heavy atom. The van der Waals surface area contributed by atoms with E-state index in [9.17, 15) is 0 Å². The fourth-order valence-electron chi connectivity index (χ4n) is 10.6. The van der Waals surface area contributed by atoms with Crippen LogP contribution in [0, 0.1) is 0 Å². The van der Waals surface area contributed by atoms with Gasteiger partial charge in [0.15, 0.2) is 0 Å². The number of hydrogen-bond donors (Lipinski definition) is 3. The molecule has 0 aliphatic carbocycles. The van der Waals surface area contributed by atoms with E-state index in [0.717, 1.165) is 52.1 Å². The summed E-state index contributed by atoms with van der Waals surface area (Å²) in [7, 11) is 0. The lowest BCUT2D eigenvalue weighted by Gasteiger charge is -2.46. The average Bonchev–Trinajstić information content (AvgIpc) is 3.44. The summed E-state index contributed by atoms with van der Waals surface area (Å²) in [5.41, 5.74) is 9.53. The summed E-state index contributed by atoms with van der Waals surface area (Å²) >= 11 is 0. The molecular weight excluding hydrogens is 837 g/mol. The van der Waals surface area contributed by atoms with Gasteiger partial charge in [0.25, 0.3) is 0 Å². The molecule has 0 aliphatic heterocycles. The van der Waals surface area contributed by atoms with Crippen LogP contribution in [-0.2, 0) is 16.6 Å². The predicted molar refractivity (Wildman–Crippen MR) is 287 cm³/mol.